The van der Waals surface area contributed by atoms with Gasteiger partial charge in [-0.3, -0.25) is 9.59 Å². The van der Waals surface area contributed by atoms with Crippen LogP contribution in [0.2, 0.25) is 0 Å². The molecule has 0 aliphatic carbocycles. The molecule has 0 aromatic heterocycles. The number of rotatable bonds is 8. The van der Waals surface area contributed by atoms with Crippen molar-refractivity contribution in [1.29, 1.82) is 0 Å². The van der Waals surface area contributed by atoms with Crippen LogP contribution in [0.3, 0.4) is 0 Å². The first-order chi connectivity index (χ1) is 8.61. The fourth-order valence-electron chi connectivity index (χ4n) is 2.22. The van der Waals surface area contributed by atoms with Gasteiger partial charge in [0.1, 0.15) is 0 Å². The van der Waals surface area contributed by atoms with Crippen LogP contribution in [0.4, 0.5) is 0 Å². The molecule has 0 rings (SSSR count). The predicted octanol–water partition coefficient (Wildman–Crippen LogP) is 2.22. The quantitative estimate of drug-likeness (QED) is 0.523. The van der Waals surface area contributed by atoms with Crippen LogP contribution in [-0.2, 0) is 14.3 Å². The summed E-state index contributed by atoms with van der Waals surface area (Å²) < 4.78 is 4.93. The number of carboxylic acids is 1. The molecule has 0 spiro atoms. The summed E-state index contributed by atoms with van der Waals surface area (Å²) in [6, 6.07) is 0. The Labute approximate surface area is 115 Å². The number of hydrogen-bond donors (Lipinski definition) is 2. The average Bonchev–Trinajstić information content (AvgIpc) is 2.27. The van der Waals surface area contributed by atoms with Crippen molar-refractivity contribution in [3.8, 4) is 0 Å². The van der Waals surface area contributed by atoms with Gasteiger partial charge in [-0.2, -0.15) is 0 Å². The highest BCUT2D eigenvalue weighted by molar-refractivity contribution is 5.99. The first-order valence-corrected chi connectivity index (χ1v) is 6.74. The van der Waals surface area contributed by atoms with E-state index in [4.69, 9.17) is 4.74 Å². The molecule has 0 aromatic carbocycles. The number of carboxylic acid groups (broad SMARTS) is 1. The van der Waals surface area contributed by atoms with E-state index < -0.39 is 23.0 Å². The Kier molecular flexibility index (Phi) is 6.49. The molecule has 0 aliphatic heterocycles. The SMILES string of the molecule is CCOC(=O)C(CC(C)C)(CC(C)(O)CC)C(=O)O. The summed E-state index contributed by atoms with van der Waals surface area (Å²) in [6.07, 6.45) is 0.389. The van der Waals surface area contributed by atoms with Crippen molar-refractivity contribution in [2.75, 3.05) is 6.61 Å². The van der Waals surface area contributed by atoms with Crippen molar-refractivity contribution in [1.82, 2.24) is 0 Å². The van der Waals surface area contributed by atoms with Gasteiger partial charge in [-0.05, 0) is 32.6 Å². The van der Waals surface area contributed by atoms with Crippen molar-refractivity contribution in [3.05, 3.63) is 0 Å². The summed E-state index contributed by atoms with van der Waals surface area (Å²) in [4.78, 5) is 23.8. The highest BCUT2D eigenvalue weighted by Crippen LogP contribution is 2.38. The molecule has 2 atom stereocenters. The highest BCUT2D eigenvalue weighted by Gasteiger charge is 2.51. The molecule has 5 heteroatoms. The molecule has 0 saturated carbocycles. The van der Waals surface area contributed by atoms with Crippen LogP contribution in [0.5, 0.6) is 0 Å². The van der Waals surface area contributed by atoms with Crippen molar-refractivity contribution in [2.24, 2.45) is 11.3 Å². The van der Waals surface area contributed by atoms with Crippen LogP contribution in [-0.4, -0.2) is 34.4 Å². The normalized spacial score (nSPS) is 17.6. The third kappa shape index (κ3) is 4.82. The minimum absolute atomic E-state index is 0.00756. The van der Waals surface area contributed by atoms with Crippen LogP contribution >= 0.6 is 0 Å². The fourth-order valence-corrected chi connectivity index (χ4v) is 2.22. The Morgan fingerprint density at radius 2 is 1.79 bits per heavy atom. The lowest BCUT2D eigenvalue weighted by molar-refractivity contribution is -0.175. The van der Waals surface area contributed by atoms with E-state index >= 15 is 0 Å². The zero-order valence-corrected chi connectivity index (χ0v) is 12.5. The molecule has 0 saturated heterocycles. The van der Waals surface area contributed by atoms with Crippen molar-refractivity contribution in [2.45, 2.75) is 59.5 Å². The Hall–Kier alpha value is -1.10. The Morgan fingerprint density at radius 1 is 1.26 bits per heavy atom. The fraction of sp³-hybridized carbons (Fsp3) is 0.857. The van der Waals surface area contributed by atoms with Gasteiger partial charge in [0.25, 0.3) is 0 Å². The number of carbonyl (C=O) groups excluding carboxylic acids is 1. The lowest BCUT2D eigenvalue weighted by Crippen LogP contribution is -2.47. The van der Waals surface area contributed by atoms with E-state index in [0.29, 0.717) is 6.42 Å². The second-order valence-electron chi connectivity index (χ2n) is 5.73. The molecule has 2 N–H and O–H groups in total. The number of aliphatic hydroxyl groups is 1. The van der Waals surface area contributed by atoms with Gasteiger partial charge in [0.05, 0.1) is 12.2 Å². The molecule has 0 bridgehead atoms. The second-order valence-corrected chi connectivity index (χ2v) is 5.73. The van der Waals surface area contributed by atoms with Gasteiger partial charge in [-0.1, -0.05) is 20.8 Å². The van der Waals surface area contributed by atoms with Gasteiger partial charge < -0.3 is 14.9 Å². The van der Waals surface area contributed by atoms with Crippen molar-refractivity contribution < 1.29 is 24.5 Å². The summed E-state index contributed by atoms with van der Waals surface area (Å²) in [5.41, 5.74) is -2.89. The third-order valence-electron chi connectivity index (χ3n) is 3.28. The summed E-state index contributed by atoms with van der Waals surface area (Å²) in [7, 11) is 0. The summed E-state index contributed by atoms with van der Waals surface area (Å²) >= 11 is 0. The molecule has 2 unspecified atom stereocenters. The smallest absolute Gasteiger partial charge is 0.323 e. The van der Waals surface area contributed by atoms with Crippen LogP contribution in [0.15, 0.2) is 0 Å². The van der Waals surface area contributed by atoms with E-state index in [9.17, 15) is 19.8 Å². The van der Waals surface area contributed by atoms with Gasteiger partial charge in [0.15, 0.2) is 5.41 Å². The molecular formula is C14H26O5. The van der Waals surface area contributed by atoms with Crippen LogP contribution in [0.25, 0.3) is 0 Å². The molecule has 19 heavy (non-hydrogen) atoms. The molecular weight excluding hydrogens is 248 g/mol. The molecule has 112 valence electrons. The van der Waals surface area contributed by atoms with Crippen LogP contribution < -0.4 is 0 Å². The lowest BCUT2D eigenvalue weighted by atomic mass is 9.72. The molecule has 0 aliphatic rings. The van der Waals surface area contributed by atoms with Gasteiger partial charge in [0, 0.05) is 6.42 Å². The summed E-state index contributed by atoms with van der Waals surface area (Å²) in [5.74, 6) is -1.98. The largest absolute Gasteiger partial charge is 0.480 e. The first-order valence-electron chi connectivity index (χ1n) is 6.74. The summed E-state index contributed by atoms with van der Waals surface area (Å²) in [6.45, 7) is 8.75. The minimum atomic E-state index is -1.68. The van der Waals surface area contributed by atoms with Gasteiger partial charge in [-0.25, -0.2) is 0 Å². The maximum absolute atomic E-state index is 12.1. The molecule has 0 radical (unpaired) electrons. The Bertz CT molecular complexity index is 322. The number of esters is 1. The lowest BCUT2D eigenvalue weighted by Gasteiger charge is -2.34. The minimum Gasteiger partial charge on any atom is -0.480 e. The van der Waals surface area contributed by atoms with E-state index in [2.05, 4.69) is 0 Å². The maximum atomic E-state index is 12.1. The standard InChI is InChI=1S/C14H26O5/c1-6-13(5,18)9-14(11(15)16,8-10(3)4)12(17)19-7-2/h10,18H,6-9H2,1-5H3,(H,15,16). The molecule has 0 amide bonds. The van der Waals surface area contributed by atoms with Gasteiger partial charge in [-0.15, -0.1) is 0 Å². The Balaban J connectivity index is 5.50. The molecule has 5 nitrogen and oxygen atoms in total. The van der Waals surface area contributed by atoms with E-state index in [1.807, 2.05) is 13.8 Å². The van der Waals surface area contributed by atoms with Gasteiger partial charge in [0.2, 0.25) is 0 Å². The summed E-state index contributed by atoms with van der Waals surface area (Å²) in [5, 5.41) is 19.7. The van der Waals surface area contributed by atoms with E-state index in [0.717, 1.165) is 0 Å². The topological polar surface area (TPSA) is 83.8 Å². The van der Waals surface area contributed by atoms with Crippen LogP contribution in [0, 0.1) is 11.3 Å². The molecule has 0 fully saturated rings. The zero-order chi connectivity index (χ0) is 15.3. The monoisotopic (exact) mass is 274 g/mol. The van der Waals surface area contributed by atoms with Crippen molar-refractivity contribution in [3.63, 3.8) is 0 Å². The second kappa shape index (κ2) is 6.89. The molecule has 0 heterocycles. The number of carbonyl (C=O) groups is 2. The zero-order valence-electron chi connectivity index (χ0n) is 12.5. The Morgan fingerprint density at radius 3 is 2.11 bits per heavy atom. The molecule has 0 aromatic rings. The van der Waals surface area contributed by atoms with E-state index in [1.165, 1.54) is 0 Å². The van der Waals surface area contributed by atoms with E-state index in [1.54, 1.807) is 20.8 Å². The first kappa shape index (κ1) is 17.9. The average molecular weight is 274 g/mol. The third-order valence-corrected chi connectivity index (χ3v) is 3.28. The maximum Gasteiger partial charge on any atom is 0.323 e. The van der Waals surface area contributed by atoms with E-state index in [-0.39, 0.29) is 25.4 Å². The van der Waals surface area contributed by atoms with Gasteiger partial charge >= 0.3 is 11.9 Å². The predicted molar refractivity (Wildman–Crippen MR) is 71.7 cm³/mol. The van der Waals surface area contributed by atoms with Crippen LogP contribution in [0.1, 0.15) is 53.9 Å². The van der Waals surface area contributed by atoms with Crippen molar-refractivity contribution >= 4 is 11.9 Å². The number of ether oxygens (including phenoxy) is 1. The number of hydrogen-bond acceptors (Lipinski definition) is 4. The highest BCUT2D eigenvalue weighted by atomic mass is 16.5. The number of aliphatic carboxylic acids is 1.